The van der Waals surface area contributed by atoms with Crippen LogP contribution in [0.2, 0.25) is 0 Å². The number of rotatable bonds is 5. The number of aromatic carboxylic acids is 1. The molecule has 19 heavy (non-hydrogen) atoms. The van der Waals surface area contributed by atoms with Crippen LogP contribution >= 0.6 is 0 Å². The SMILES string of the molecule is CC[C@@H](C)[S@@](=O)c1c(C(F)F)ccc(C(=O)O)c1C. The van der Waals surface area contributed by atoms with Crippen molar-refractivity contribution in [3.05, 3.63) is 28.8 Å². The van der Waals surface area contributed by atoms with E-state index in [-0.39, 0.29) is 26.8 Å². The molecule has 0 heterocycles. The predicted octanol–water partition coefficient (Wildman–Crippen LogP) is 3.54. The van der Waals surface area contributed by atoms with Gasteiger partial charge in [-0.3, -0.25) is 4.21 Å². The molecule has 0 saturated heterocycles. The van der Waals surface area contributed by atoms with Crippen LogP contribution in [-0.2, 0) is 10.8 Å². The van der Waals surface area contributed by atoms with Crippen molar-refractivity contribution in [2.45, 2.75) is 43.8 Å². The fourth-order valence-corrected chi connectivity index (χ4v) is 3.24. The molecule has 1 rings (SSSR count). The molecule has 0 aliphatic heterocycles. The number of carboxylic acids is 1. The summed E-state index contributed by atoms with van der Waals surface area (Å²) >= 11 is 0. The smallest absolute Gasteiger partial charge is 0.335 e. The molecule has 0 aliphatic carbocycles. The summed E-state index contributed by atoms with van der Waals surface area (Å²) < 4.78 is 38.3. The second kappa shape index (κ2) is 6.23. The molecular weight excluding hydrogens is 274 g/mol. The maximum absolute atomic E-state index is 13.0. The summed E-state index contributed by atoms with van der Waals surface area (Å²) in [5.41, 5.74) is -0.277. The van der Waals surface area contributed by atoms with Crippen LogP contribution in [0.15, 0.2) is 17.0 Å². The Morgan fingerprint density at radius 2 is 2.00 bits per heavy atom. The first kappa shape index (κ1) is 15.8. The monoisotopic (exact) mass is 290 g/mol. The molecule has 0 fully saturated rings. The fraction of sp³-hybridized carbons (Fsp3) is 0.462. The zero-order valence-electron chi connectivity index (χ0n) is 10.9. The molecule has 3 nitrogen and oxygen atoms in total. The van der Waals surface area contributed by atoms with Crippen LogP contribution < -0.4 is 0 Å². The van der Waals surface area contributed by atoms with E-state index in [9.17, 15) is 17.8 Å². The van der Waals surface area contributed by atoms with E-state index in [0.717, 1.165) is 12.1 Å². The van der Waals surface area contributed by atoms with E-state index in [1.54, 1.807) is 13.8 Å². The van der Waals surface area contributed by atoms with E-state index >= 15 is 0 Å². The zero-order valence-corrected chi connectivity index (χ0v) is 11.8. The van der Waals surface area contributed by atoms with Gasteiger partial charge in [-0.1, -0.05) is 19.9 Å². The lowest BCUT2D eigenvalue weighted by molar-refractivity contribution is 0.0695. The van der Waals surface area contributed by atoms with Crippen LogP contribution in [0.3, 0.4) is 0 Å². The summed E-state index contributed by atoms with van der Waals surface area (Å²) in [7, 11) is -1.64. The highest BCUT2D eigenvalue weighted by molar-refractivity contribution is 7.85. The van der Waals surface area contributed by atoms with Crippen LogP contribution in [0.1, 0.15) is 48.2 Å². The van der Waals surface area contributed by atoms with Gasteiger partial charge >= 0.3 is 5.97 Å². The minimum absolute atomic E-state index is 0.0377. The van der Waals surface area contributed by atoms with Crippen molar-refractivity contribution in [3.8, 4) is 0 Å². The highest BCUT2D eigenvalue weighted by Crippen LogP contribution is 2.31. The lowest BCUT2D eigenvalue weighted by Gasteiger charge is -2.17. The van der Waals surface area contributed by atoms with Crippen LogP contribution in [0, 0.1) is 6.92 Å². The van der Waals surface area contributed by atoms with Gasteiger partial charge in [0.15, 0.2) is 0 Å². The van der Waals surface area contributed by atoms with Crippen molar-refractivity contribution in [2.24, 2.45) is 0 Å². The molecule has 0 aliphatic rings. The van der Waals surface area contributed by atoms with Crippen molar-refractivity contribution in [1.82, 2.24) is 0 Å². The summed E-state index contributed by atoms with van der Waals surface area (Å²) in [6.45, 7) is 4.92. The molecular formula is C13H16F2O3S. The number of hydrogen-bond acceptors (Lipinski definition) is 2. The van der Waals surface area contributed by atoms with E-state index in [1.807, 2.05) is 0 Å². The third kappa shape index (κ3) is 3.18. The average Bonchev–Trinajstić information content (AvgIpc) is 2.35. The molecule has 0 spiro atoms. The second-order valence-electron chi connectivity index (χ2n) is 4.28. The molecule has 6 heteroatoms. The van der Waals surface area contributed by atoms with Crippen molar-refractivity contribution in [1.29, 1.82) is 0 Å². The van der Waals surface area contributed by atoms with Gasteiger partial charge in [-0.15, -0.1) is 0 Å². The van der Waals surface area contributed by atoms with Crippen molar-refractivity contribution in [2.75, 3.05) is 0 Å². The maximum atomic E-state index is 13.0. The number of hydrogen-bond donors (Lipinski definition) is 1. The van der Waals surface area contributed by atoms with Gasteiger partial charge in [0.1, 0.15) is 0 Å². The number of alkyl halides is 2. The summed E-state index contributed by atoms with van der Waals surface area (Å²) in [5, 5.41) is 8.71. The molecule has 1 aromatic rings. The molecule has 106 valence electrons. The summed E-state index contributed by atoms with van der Waals surface area (Å²) in [4.78, 5) is 11.0. The molecule has 0 radical (unpaired) electrons. The van der Waals surface area contributed by atoms with Crippen LogP contribution in [0.5, 0.6) is 0 Å². The average molecular weight is 290 g/mol. The normalized spacial score (nSPS) is 14.4. The van der Waals surface area contributed by atoms with E-state index < -0.39 is 23.2 Å². The number of carboxylic acid groups (broad SMARTS) is 1. The Morgan fingerprint density at radius 1 is 1.42 bits per heavy atom. The molecule has 2 atom stereocenters. The Kier molecular flexibility index (Phi) is 5.17. The predicted molar refractivity (Wildman–Crippen MR) is 69.3 cm³/mol. The molecule has 0 saturated carbocycles. The lowest BCUT2D eigenvalue weighted by Crippen LogP contribution is -2.15. The van der Waals surface area contributed by atoms with Crippen molar-refractivity contribution >= 4 is 16.8 Å². The highest BCUT2D eigenvalue weighted by Gasteiger charge is 2.25. The van der Waals surface area contributed by atoms with E-state index in [0.29, 0.717) is 6.42 Å². The van der Waals surface area contributed by atoms with E-state index in [4.69, 9.17) is 5.11 Å². The molecule has 0 bridgehead atoms. The quantitative estimate of drug-likeness (QED) is 0.902. The number of benzene rings is 1. The third-order valence-corrected chi connectivity index (χ3v) is 5.05. The Bertz CT molecular complexity index is 515. The first-order valence-corrected chi connectivity index (χ1v) is 7.08. The maximum Gasteiger partial charge on any atom is 0.335 e. The first-order chi connectivity index (χ1) is 8.81. The lowest BCUT2D eigenvalue weighted by atomic mass is 10.1. The molecule has 1 N–H and O–H groups in total. The topological polar surface area (TPSA) is 54.4 Å². The van der Waals surface area contributed by atoms with Gasteiger partial charge < -0.3 is 5.11 Å². The zero-order chi connectivity index (χ0) is 14.7. The standard InChI is InChI=1S/C13H16F2O3S/c1-4-7(2)19(18)11-8(3)9(13(16)17)5-6-10(11)12(14)15/h5-7,12H,4H2,1-3H3,(H,16,17)/t7-,19-/m1/s1. The van der Waals surface area contributed by atoms with Gasteiger partial charge in [0.25, 0.3) is 6.43 Å². The van der Waals surface area contributed by atoms with Crippen molar-refractivity contribution < 1.29 is 22.9 Å². The number of carbonyl (C=O) groups is 1. The summed E-state index contributed by atoms with van der Waals surface area (Å²) in [5.74, 6) is -1.21. The Balaban J connectivity index is 3.51. The molecule has 0 amide bonds. The minimum Gasteiger partial charge on any atom is -0.478 e. The van der Waals surface area contributed by atoms with E-state index in [2.05, 4.69) is 0 Å². The largest absolute Gasteiger partial charge is 0.478 e. The van der Waals surface area contributed by atoms with Gasteiger partial charge in [-0.05, 0) is 25.0 Å². The third-order valence-electron chi connectivity index (χ3n) is 3.04. The Labute approximate surface area is 113 Å². The van der Waals surface area contributed by atoms with Gasteiger partial charge in [0.05, 0.1) is 21.3 Å². The van der Waals surface area contributed by atoms with Gasteiger partial charge in [0, 0.05) is 10.8 Å². The van der Waals surface area contributed by atoms with Gasteiger partial charge in [0.2, 0.25) is 0 Å². The van der Waals surface area contributed by atoms with E-state index in [1.165, 1.54) is 6.92 Å². The number of halogens is 2. The van der Waals surface area contributed by atoms with Crippen LogP contribution in [-0.4, -0.2) is 20.5 Å². The highest BCUT2D eigenvalue weighted by atomic mass is 32.2. The molecule has 0 aromatic heterocycles. The fourth-order valence-electron chi connectivity index (χ4n) is 1.74. The first-order valence-electron chi connectivity index (χ1n) is 5.86. The molecule has 1 aromatic carbocycles. The summed E-state index contributed by atoms with van der Waals surface area (Å²) in [6, 6.07) is 2.19. The summed E-state index contributed by atoms with van der Waals surface area (Å²) in [6.07, 6.45) is -2.21. The van der Waals surface area contributed by atoms with Gasteiger partial charge in [-0.2, -0.15) is 0 Å². The Morgan fingerprint density at radius 3 is 2.42 bits per heavy atom. The van der Waals surface area contributed by atoms with Crippen molar-refractivity contribution in [3.63, 3.8) is 0 Å². The minimum atomic E-state index is -2.77. The van der Waals surface area contributed by atoms with Gasteiger partial charge in [-0.25, -0.2) is 13.6 Å². The second-order valence-corrected chi connectivity index (χ2v) is 6.09. The van der Waals surface area contributed by atoms with Crippen LogP contribution in [0.4, 0.5) is 8.78 Å². The van der Waals surface area contributed by atoms with Crippen LogP contribution in [0.25, 0.3) is 0 Å². The molecule has 0 unspecified atom stereocenters. The Hall–Kier alpha value is -1.30.